The Kier molecular flexibility index (Phi) is 9.43. The van der Waals surface area contributed by atoms with Gasteiger partial charge >= 0.3 is 12.1 Å². The highest BCUT2D eigenvalue weighted by Crippen LogP contribution is 2.32. The number of halogens is 3. The first-order chi connectivity index (χ1) is 17.4. The number of benzene rings is 2. The van der Waals surface area contributed by atoms with Gasteiger partial charge in [0.15, 0.2) is 5.69 Å². The molecule has 0 spiro atoms. The van der Waals surface area contributed by atoms with Crippen LogP contribution in [0.4, 0.5) is 13.2 Å². The second-order valence-corrected chi connectivity index (χ2v) is 10.7. The van der Waals surface area contributed by atoms with Gasteiger partial charge in [-0.1, -0.05) is 67.6 Å². The Morgan fingerprint density at radius 1 is 1.11 bits per heavy atom. The summed E-state index contributed by atoms with van der Waals surface area (Å²) in [5, 5.41) is 5.34. The molecule has 0 aliphatic heterocycles. The molecule has 0 amide bonds. The van der Waals surface area contributed by atoms with E-state index in [2.05, 4.69) is 4.98 Å². The van der Waals surface area contributed by atoms with E-state index in [-0.39, 0.29) is 28.8 Å². The zero-order valence-corrected chi connectivity index (χ0v) is 22.0. The number of sulfonamides is 1. The van der Waals surface area contributed by atoms with E-state index >= 15 is 0 Å². The number of carbonyl (C=O) groups excluding carboxylic acids is 1. The first-order valence-corrected chi connectivity index (χ1v) is 14.1. The molecule has 0 aliphatic rings. The first-order valence-electron chi connectivity index (χ1n) is 11.6. The molecule has 3 rings (SSSR count). The number of unbranched alkanes of at least 4 members (excludes halogenated alkanes) is 1. The summed E-state index contributed by atoms with van der Waals surface area (Å²) in [5.41, 5.74) is 1.80. The highest BCUT2D eigenvalue weighted by molar-refractivity contribution is 7.99. The number of imidazole rings is 1. The van der Waals surface area contributed by atoms with Crippen LogP contribution >= 0.6 is 11.8 Å². The lowest BCUT2D eigenvalue weighted by molar-refractivity contribution is -0.105. The zero-order valence-electron chi connectivity index (χ0n) is 20.4. The van der Waals surface area contributed by atoms with Crippen molar-refractivity contribution >= 4 is 27.8 Å². The van der Waals surface area contributed by atoms with Crippen LogP contribution in [0.2, 0.25) is 0 Å². The molecular formula is C25H28F3N3O4S2. The van der Waals surface area contributed by atoms with Gasteiger partial charge in [0.25, 0.3) is 0 Å². The molecule has 12 heteroatoms. The minimum absolute atomic E-state index is 0.00450. The number of carbonyl (C=O) groups is 1. The fourth-order valence-electron chi connectivity index (χ4n) is 3.74. The largest absolute Gasteiger partial charge is 0.461 e. The predicted octanol–water partition coefficient (Wildman–Crippen LogP) is 5.42. The summed E-state index contributed by atoms with van der Waals surface area (Å²) in [4.78, 5) is 17.2. The molecule has 0 saturated carbocycles. The highest BCUT2D eigenvalue weighted by atomic mass is 32.2. The molecule has 0 fully saturated rings. The Morgan fingerprint density at radius 2 is 1.78 bits per heavy atom. The molecule has 0 atom stereocenters. The lowest BCUT2D eigenvalue weighted by atomic mass is 10.0. The lowest BCUT2D eigenvalue weighted by Crippen LogP contribution is -2.16. The van der Waals surface area contributed by atoms with Crippen LogP contribution in [0.15, 0.2) is 58.5 Å². The number of hydrogen-bond donors (Lipinski definition) is 1. The van der Waals surface area contributed by atoms with Crippen molar-refractivity contribution in [3.05, 3.63) is 65.6 Å². The van der Waals surface area contributed by atoms with Crippen molar-refractivity contribution < 1.29 is 31.1 Å². The van der Waals surface area contributed by atoms with Crippen LogP contribution in [-0.2, 0) is 27.7 Å². The zero-order chi connectivity index (χ0) is 27.2. The molecule has 1 aromatic heterocycles. The Morgan fingerprint density at radius 3 is 2.38 bits per heavy atom. The number of thioether (sulfide) groups is 1. The normalized spacial score (nSPS) is 12.1. The number of hydrogen-bond acceptors (Lipinski definition) is 6. The maximum Gasteiger partial charge on any atom is 0.398 e. The molecule has 2 N–H and O–H groups in total. The Bertz CT molecular complexity index is 1340. The minimum Gasteiger partial charge on any atom is -0.461 e. The van der Waals surface area contributed by atoms with Crippen molar-refractivity contribution in [2.24, 2.45) is 5.14 Å². The van der Waals surface area contributed by atoms with Gasteiger partial charge in [-0.05, 0) is 30.5 Å². The van der Waals surface area contributed by atoms with Crippen LogP contribution in [0.1, 0.15) is 48.6 Å². The maximum atomic E-state index is 12.9. The number of nitrogens with two attached hydrogens (primary N) is 1. The number of nitrogens with zero attached hydrogens (tertiary/aromatic N) is 2. The van der Waals surface area contributed by atoms with Crippen LogP contribution in [0.25, 0.3) is 11.1 Å². The Hall–Kier alpha value is -2.83. The number of primary sulfonamides is 1. The molecule has 200 valence electrons. The second-order valence-electron chi connectivity index (χ2n) is 8.23. The number of rotatable bonds is 11. The van der Waals surface area contributed by atoms with Crippen molar-refractivity contribution in [2.45, 2.75) is 55.8 Å². The molecule has 0 aliphatic carbocycles. The van der Waals surface area contributed by atoms with Crippen molar-refractivity contribution in [3.8, 4) is 11.1 Å². The van der Waals surface area contributed by atoms with Crippen LogP contribution in [0.3, 0.4) is 0 Å². The number of esters is 1. The highest BCUT2D eigenvalue weighted by Gasteiger charge is 2.31. The van der Waals surface area contributed by atoms with Crippen LogP contribution in [-0.4, -0.2) is 42.5 Å². The number of aryl methyl sites for hydroxylation is 1. The molecule has 0 radical (unpaired) electrons. The van der Waals surface area contributed by atoms with Crippen molar-refractivity contribution in [1.29, 1.82) is 0 Å². The Labute approximate surface area is 218 Å². The van der Waals surface area contributed by atoms with Gasteiger partial charge in [-0.25, -0.2) is 23.3 Å². The molecule has 0 unspecified atom stereocenters. The lowest BCUT2D eigenvalue weighted by Gasteiger charge is -2.13. The predicted molar refractivity (Wildman–Crippen MR) is 136 cm³/mol. The van der Waals surface area contributed by atoms with E-state index in [9.17, 15) is 26.4 Å². The quantitative estimate of drug-likeness (QED) is 0.250. The summed E-state index contributed by atoms with van der Waals surface area (Å²) in [6, 6.07) is 13.3. The SMILES string of the molecule is CCCCc1nc(SCC(F)(F)F)c(C(=O)OCC)n1Cc1ccc(-c2ccccc2S(N)(=O)=O)cc1. The average Bonchev–Trinajstić information content (AvgIpc) is 3.18. The first kappa shape index (κ1) is 28.7. The van der Waals surface area contributed by atoms with Crippen LogP contribution in [0, 0.1) is 0 Å². The van der Waals surface area contributed by atoms with E-state index in [1.807, 2.05) is 6.92 Å². The number of aromatic nitrogens is 2. The van der Waals surface area contributed by atoms with Gasteiger partial charge in [-0.3, -0.25) is 0 Å². The molecule has 2 aromatic carbocycles. The summed E-state index contributed by atoms with van der Waals surface area (Å²) in [5.74, 6) is -1.42. The summed E-state index contributed by atoms with van der Waals surface area (Å²) in [6.45, 7) is 3.84. The van der Waals surface area contributed by atoms with E-state index in [4.69, 9.17) is 9.88 Å². The van der Waals surface area contributed by atoms with E-state index in [1.54, 1.807) is 54.0 Å². The second kappa shape index (κ2) is 12.1. The van der Waals surface area contributed by atoms with Crippen molar-refractivity contribution in [1.82, 2.24) is 9.55 Å². The standard InChI is InChI=1S/C25H28F3N3O4S2/c1-3-5-10-21-30-23(36-16-25(26,27)28)22(24(32)35-4-2)31(21)15-17-11-13-18(14-12-17)19-8-6-7-9-20(19)37(29,33)34/h6-9,11-14H,3-5,10,15-16H2,1-2H3,(H2,29,33,34). The van der Waals surface area contributed by atoms with Crippen LogP contribution < -0.4 is 5.14 Å². The van der Waals surface area contributed by atoms with E-state index in [1.165, 1.54) is 6.07 Å². The van der Waals surface area contributed by atoms with Gasteiger partial charge in [0, 0.05) is 18.5 Å². The van der Waals surface area contributed by atoms with E-state index < -0.39 is 27.9 Å². The molecule has 1 heterocycles. The molecular weight excluding hydrogens is 527 g/mol. The van der Waals surface area contributed by atoms with Gasteiger partial charge in [0.1, 0.15) is 10.9 Å². The third kappa shape index (κ3) is 7.59. The fourth-order valence-corrected chi connectivity index (χ4v) is 5.31. The number of alkyl halides is 3. The average molecular weight is 556 g/mol. The summed E-state index contributed by atoms with van der Waals surface area (Å²) < 4.78 is 69.6. The van der Waals surface area contributed by atoms with Crippen molar-refractivity contribution in [3.63, 3.8) is 0 Å². The van der Waals surface area contributed by atoms with Gasteiger partial charge in [0.2, 0.25) is 10.0 Å². The Balaban J connectivity index is 2.01. The fraction of sp³-hybridized carbons (Fsp3) is 0.360. The topological polar surface area (TPSA) is 104 Å². The van der Waals surface area contributed by atoms with E-state index in [0.717, 1.165) is 18.4 Å². The van der Waals surface area contributed by atoms with Crippen molar-refractivity contribution in [2.75, 3.05) is 12.4 Å². The van der Waals surface area contributed by atoms with Gasteiger partial charge in [-0.2, -0.15) is 13.2 Å². The van der Waals surface area contributed by atoms with Gasteiger partial charge in [0.05, 0.1) is 17.3 Å². The summed E-state index contributed by atoms with van der Waals surface area (Å²) in [7, 11) is -3.93. The maximum absolute atomic E-state index is 12.9. The molecule has 0 saturated heterocycles. The van der Waals surface area contributed by atoms with Gasteiger partial charge in [-0.15, -0.1) is 0 Å². The van der Waals surface area contributed by atoms with E-state index in [0.29, 0.717) is 35.1 Å². The summed E-state index contributed by atoms with van der Waals surface area (Å²) >= 11 is 0.464. The molecule has 3 aromatic rings. The molecule has 7 nitrogen and oxygen atoms in total. The molecule has 37 heavy (non-hydrogen) atoms. The van der Waals surface area contributed by atoms with Crippen LogP contribution in [0.5, 0.6) is 0 Å². The third-order valence-corrected chi connectivity index (χ3v) is 7.41. The number of ether oxygens (including phenoxy) is 1. The smallest absolute Gasteiger partial charge is 0.398 e. The monoisotopic (exact) mass is 555 g/mol. The third-order valence-electron chi connectivity index (χ3n) is 5.41. The summed E-state index contributed by atoms with van der Waals surface area (Å²) in [6.07, 6.45) is -2.36. The minimum atomic E-state index is -4.42. The molecule has 0 bridgehead atoms. The van der Waals surface area contributed by atoms with Gasteiger partial charge < -0.3 is 9.30 Å².